The van der Waals surface area contributed by atoms with E-state index in [0.29, 0.717) is 11.7 Å². The SMILES string of the molecule is CNC1CN(c2cc(-c3ccc([N+](=O)[O-])cc3)nc(N)n2)C1. The molecule has 1 aliphatic rings. The Labute approximate surface area is 127 Å². The Morgan fingerprint density at radius 3 is 2.59 bits per heavy atom. The van der Waals surface area contributed by atoms with Gasteiger partial charge in [0.15, 0.2) is 0 Å². The number of non-ortho nitro benzene ring substituents is 1. The summed E-state index contributed by atoms with van der Waals surface area (Å²) in [5.74, 6) is 0.964. The predicted octanol–water partition coefficient (Wildman–Crippen LogP) is 1.04. The Morgan fingerprint density at radius 2 is 2.00 bits per heavy atom. The predicted molar refractivity (Wildman–Crippen MR) is 83.6 cm³/mol. The Balaban J connectivity index is 1.87. The fourth-order valence-electron chi connectivity index (χ4n) is 2.36. The number of aromatic nitrogens is 2. The zero-order chi connectivity index (χ0) is 15.7. The molecular formula is C14H16N6O2. The van der Waals surface area contributed by atoms with Crippen molar-refractivity contribution in [1.82, 2.24) is 15.3 Å². The molecule has 114 valence electrons. The molecule has 1 fully saturated rings. The van der Waals surface area contributed by atoms with Crippen molar-refractivity contribution in [2.24, 2.45) is 0 Å². The fraction of sp³-hybridized carbons (Fsp3) is 0.286. The van der Waals surface area contributed by atoms with Crippen LogP contribution in [0.2, 0.25) is 0 Å². The second-order valence-electron chi connectivity index (χ2n) is 5.16. The van der Waals surface area contributed by atoms with Crippen molar-refractivity contribution in [2.45, 2.75) is 6.04 Å². The molecule has 0 saturated carbocycles. The number of nitro benzene ring substituents is 1. The number of anilines is 2. The van der Waals surface area contributed by atoms with Crippen LogP contribution >= 0.6 is 0 Å². The summed E-state index contributed by atoms with van der Waals surface area (Å²) in [6, 6.07) is 8.54. The third kappa shape index (κ3) is 2.68. The first-order chi connectivity index (χ1) is 10.6. The van der Waals surface area contributed by atoms with E-state index in [4.69, 9.17) is 5.73 Å². The van der Waals surface area contributed by atoms with Crippen LogP contribution in [0.1, 0.15) is 0 Å². The van der Waals surface area contributed by atoms with E-state index < -0.39 is 4.92 Å². The summed E-state index contributed by atoms with van der Waals surface area (Å²) in [6.45, 7) is 1.74. The zero-order valence-corrected chi connectivity index (χ0v) is 12.1. The largest absolute Gasteiger partial charge is 0.368 e. The molecule has 8 nitrogen and oxygen atoms in total. The van der Waals surface area contributed by atoms with Gasteiger partial charge in [0, 0.05) is 42.9 Å². The van der Waals surface area contributed by atoms with Crippen molar-refractivity contribution < 1.29 is 4.92 Å². The zero-order valence-electron chi connectivity index (χ0n) is 12.1. The molecule has 2 heterocycles. The van der Waals surface area contributed by atoms with Gasteiger partial charge in [0.05, 0.1) is 10.6 Å². The first kappa shape index (κ1) is 14.2. The maximum atomic E-state index is 10.7. The van der Waals surface area contributed by atoms with E-state index in [-0.39, 0.29) is 11.6 Å². The third-order valence-corrected chi connectivity index (χ3v) is 3.72. The van der Waals surface area contributed by atoms with Gasteiger partial charge in [-0.1, -0.05) is 0 Å². The van der Waals surface area contributed by atoms with E-state index in [1.165, 1.54) is 12.1 Å². The van der Waals surface area contributed by atoms with E-state index in [1.807, 2.05) is 13.1 Å². The van der Waals surface area contributed by atoms with Gasteiger partial charge in [0.1, 0.15) is 5.82 Å². The van der Waals surface area contributed by atoms with Crippen molar-refractivity contribution >= 4 is 17.5 Å². The van der Waals surface area contributed by atoms with Crippen LogP contribution in [-0.2, 0) is 0 Å². The van der Waals surface area contributed by atoms with Crippen molar-refractivity contribution in [1.29, 1.82) is 0 Å². The van der Waals surface area contributed by atoms with Gasteiger partial charge in [-0.2, -0.15) is 4.98 Å². The summed E-state index contributed by atoms with van der Waals surface area (Å²) in [7, 11) is 1.93. The number of rotatable bonds is 4. The summed E-state index contributed by atoms with van der Waals surface area (Å²) in [5.41, 5.74) is 7.26. The Hall–Kier alpha value is -2.74. The normalized spacial score (nSPS) is 14.7. The average Bonchev–Trinajstić information content (AvgIpc) is 2.46. The molecule has 3 rings (SSSR count). The number of nitro groups is 1. The molecule has 3 N–H and O–H groups in total. The third-order valence-electron chi connectivity index (χ3n) is 3.72. The van der Waals surface area contributed by atoms with Crippen LogP contribution < -0.4 is 16.0 Å². The number of hydrogen-bond donors (Lipinski definition) is 2. The van der Waals surface area contributed by atoms with Crippen LogP contribution in [0.3, 0.4) is 0 Å². The lowest BCUT2D eigenvalue weighted by Crippen LogP contribution is -2.57. The summed E-state index contributed by atoms with van der Waals surface area (Å²) >= 11 is 0. The van der Waals surface area contributed by atoms with Gasteiger partial charge in [0.2, 0.25) is 5.95 Å². The summed E-state index contributed by atoms with van der Waals surface area (Å²) in [4.78, 5) is 20.8. The summed E-state index contributed by atoms with van der Waals surface area (Å²) in [6.07, 6.45) is 0. The molecule has 0 bridgehead atoms. The molecule has 0 aliphatic carbocycles. The Bertz CT molecular complexity index is 697. The quantitative estimate of drug-likeness (QED) is 0.641. The number of likely N-dealkylation sites (N-methyl/N-ethyl adjacent to an activating group) is 1. The minimum Gasteiger partial charge on any atom is -0.368 e. The van der Waals surface area contributed by atoms with Crippen molar-refractivity contribution in [3.8, 4) is 11.3 Å². The lowest BCUT2D eigenvalue weighted by atomic mass is 10.1. The summed E-state index contributed by atoms with van der Waals surface area (Å²) < 4.78 is 0. The Morgan fingerprint density at radius 1 is 1.32 bits per heavy atom. The second kappa shape index (κ2) is 5.57. The first-order valence-corrected chi connectivity index (χ1v) is 6.88. The minimum atomic E-state index is -0.429. The first-order valence-electron chi connectivity index (χ1n) is 6.88. The monoisotopic (exact) mass is 300 g/mol. The molecule has 0 amide bonds. The molecule has 0 unspecified atom stereocenters. The molecule has 1 aliphatic heterocycles. The van der Waals surface area contributed by atoms with Crippen molar-refractivity contribution in [2.75, 3.05) is 30.8 Å². The Kier molecular flexibility index (Phi) is 3.60. The number of nitrogen functional groups attached to an aromatic ring is 1. The highest BCUT2D eigenvalue weighted by atomic mass is 16.6. The molecule has 8 heteroatoms. The highest BCUT2D eigenvalue weighted by molar-refractivity contribution is 5.66. The number of benzene rings is 1. The van der Waals surface area contributed by atoms with Crippen LogP contribution in [-0.4, -0.2) is 41.1 Å². The molecule has 0 radical (unpaired) electrons. The molecule has 2 aromatic rings. The fourth-order valence-corrected chi connectivity index (χ4v) is 2.36. The molecule has 0 atom stereocenters. The summed E-state index contributed by atoms with van der Waals surface area (Å²) in [5, 5.41) is 13.9. The van der Waals surface area contributed by atoms with E-state index in [2.05, 4.69) is 20.2 Å². The highest BCUT2D eigenvalue weighted by Gasteiger charge is 2.26. The second-order valence-corrected chi connectivity index (χ2v) is 5.16. The van der Waals surface area contributed by atoms with Gasteiger partial charge in [-0.15, -0.1) is 0 Å². The smallest absolute Gasteiger partial charge is 0.269 e. The van der Waals surface area contributed by atoms with E-state index in [0.717, 1.165) is 24.5 Å². The highest BCUT2D eigenvalue weighted by Crippen LogP contribution is 2.26. The standard InChI is InChI=1S/C14H16N6O2/c1-16-10-7-19(8-10)13-6-12(17-14(15)18-13)9-2-4-11(5-3-9)20(21)22/h2-6,10,16H,7-8H2,1H3,(H2,15,17,18). The average molecular weight is 300 g/mol. The minimum absolute atomic E-state index is 0.0469. The molecule has 22 heavy (non-hydrogen) atoms. The van der Waals surface area contributed by atoms with E-state index in [9.17, 15) is 10.1 Å². The maximum Gasteiger partial charge on any atom is 0.269 e. The van der Waals surface area contributed by atoms with E-state index >= 15 is 0 Å². The topological polar surface area (TPSA) is 110 Å². The van der Waals surface area contributed by atoms with Crippen molar-refractivity contribution in [3.63, 3.8) is 0 Å². The number of nitrogens with zero attached hydrogens (tertiary/aromatic N) is 4. The number of nitrogens with one attached hydrogen (secondary N) is 1. The van der Waals surface area contributed by atoms with Gasteiger partial charge in [-0.25, -0.2) is 4.98 Å². The lowest BCUT2D eigenvalue weighted by molar-refractivity contribution is -0.384. The molecule has 1 aromatic heterocycles. The van der Waals surface area contributed by atoms with Crippen LogP contribution in [0, 0.1) is 10.1 Å². The molecular weight excluding hydrogens is 284 g/mol. The number of nitrogens with two attached hydrogens (primary N) is 1. The van der Waals surface area contributed by atoms with Crippen LogP contribution in [0.5, 0.6) is 0 Å². The van der Waals surface area contributed by atoms with Crippen LogP contribution in [0.4, 0.5) is 17.5 Å². The van der Waals surface area contributed by atoms with Gasteiger partial charge in [-0.05, 0) is 19.2 Å². The molecule has 1 aromatic carbocycles. The van der Waals surface area contributed by atoms with Gasteiger partial charge in [-0.3, -0.25) is 10.1 Å². The maximum absolute atomic E-state index is 10.7. The van der Waals surface area contributed by atoms with Gasteiger partial charge < -0.3 is 16.0 Å². The number of hydrogen-bond acceptors (Lipinski definition) is 7. The lowest BCUT2D eigenvalue weighted by Gasteiger charge is -2.40. The van der Waals surface area contributed by atoms with Gasteiger partial charge >= 0.3 is 0 Å². The van der Waals surface area contributed by atoms with Crippen molar-refractivity contribution in [3.05, 3.63) is 40.4 Å². The van der Waals surface area contributed by atoms with E-state index in [1.54, 1.807) is 12.1 Å². The molecule has 0 spiro atoms. The van der Waals surface area contributed by atoms with Gasteiger partial charge in [0.25, 0.3) is 5.69 Å². The van der Waals surface area contributed by atoms with Crippen LogP contribution in [0.15, 0.2) is 30.3 Å². The van der Waals surface area contributed by atoms with Crippen LogP contribution in [0.25, 0.3) is 11.3 Å². The molecule has 1 saturated heterocycles.